The van der Waals surface area contributed by atoms with E-state index >= 15 is 0 Å². The zero-order valence-electron chi connectivity index (χ0n) is 25.8. The van der Waals surface area contributed by atoms with Gasteiger partial charge in [-0.25, -0.2) is 0 Å². The first-order valence-corrected chi connectivity index (χ1v) is 16.0. The summed E-state index contributed by atoms with van der Waals surface area (Å²) in [5.74, 6) is -1.72. The highest BCUT2D eigenvalue weighted by Crippen LogP contribution is 2.64. The van der Waals surface area contributed by atoms with Gasteiger partial charge < -0.3 is 36.3 Å². The SMILES string of the molecule is C=CC1=C(O)N[C@H](CC2N/C(=C\c3[nH]c(/C=C4\NC(=O)[C@H](C)[C@]45S[C@H]5C)c(C)c3CCC(=O)O)C(CCC(=O)O)=C2C)C1C. The van der Waals surface area contributed by atoms with Gasteiger partial charge in [0.1, 0.15) is 0 Å². The molecule has 2 saturated heterocycles. The summed E-state index contributed by atoms with van der Waals surface area (Å²) in [7, 11) is 0. The van der Waals surface area contributed by atoms with E-state index in [0.717, 1.165) is 50.6 Å². The van der Waals surface area contributed by atoms with Crippen molar-refractivity contribution >= 4 is 41.8 Å². The third kappa shape index (κ3) is 5.58. The van der Waals surface area contributed by atoms with Crippen LogP contribution in [0.2, 0.25) is 0 Å². The molecule has 1 aromatic rings. The Labute approximate surface area is 261 Å². The molecule has 44 heavy (non-hydrogen) atoms. The fraction of sp³-hybridized carbons (Fsp3) is 0.485. The smallest absolute Gasteiger partial charge is 0.303 e. The Morgan fingerprint density at radius 2 is 1.68 bits per heavy atom. The number of carbonyl (C=O) groups is 3. The van der Waals surface area contributed by atoms with Crippen molar-refractivity contribution in [3.63, 3.8) is 0 Å². The fourth-order valence-electron chi connectivity index (χ4n) is 7.05. The lowest BCUT2D eigenvalue weighted by Crippen LogP contribution is -2.36. The van der Waals surface area contributed by atoms with Crippen LogP contribution >= 0.6 is 11.8 Å². The number of nitrogens with one attached hydrogen (secondary N) is 4. The molecule has 1 aromatic heterocycles. The van der Waals surface area contributed by atoms with Crippen molar-refractivity contribution in [2.75, 3.05) is 0 Å². The molecule has 4 aliphatic heterocycles. The average Bonchev–Trinajstić information content (AvgIpc) is 3.13. The Morgan fingerprint density at radius 1 is 1.02 bits per heavy atom. The van der Waals surface area contributed by atoms with Crippen LogP contribution in [0.3, 0.4) is 0 Å². The average molecular weight is 623 g/mol. The quantitative estimate of drug-likeness (QED) is 0.172. The van der Waals surface area contributed by atoms with Crippen LogP contribution in [0, 0.1) is 18.8 Å². The predicted octanol–water partition coefficient (Wildman–Crippen LogP) is 4.77. The number of aromatic nitrogens is 1. The number of hydrogen-bond donors (Lipinski definition) is 7. The summed E-state index contributed by atoms with van der Waals surface area (Å²) in [6, 6.07) is -0.128. The fourth-order valence-corrected chi connectivity index (χ4v) is 8.45. The van der Waals surface area contributed by atoms with E-state index in [1.165, 1.54) is 0 Å². The summed E-state index contributed by atoms with van der Waals surface area (Å²) in [5.41, 5.74) is 7.74. The molecule has 1 amide bonds. The van der Waals surface area contributed by atoms with E-state index in [4.69, 9.17) is 0 Å². The van der Waals surface area contributed by atoms with Gasteiger partial charge in [0.15, 0.2) is 5.88 Å². The Bertz CT molecular complexity index is 1550. The second-order valence-corrected chi connectivity index (χ2v) is 14.0. The van der Waals surface area contributed by atoms with E-state index in [9.17, 15) is 29.7 Å². The van der Waals surface area contributed by atoms with Crippen LogP contribution < -0.4 is 16.0 Å². The van der Waals surface area contributed by atoms with Crippen LogP contribution in [-0.2, 0) is 20.8 Å². The standard InChI is InChI=1S/C33H42N4O6S/c1-7-20-15(2)24(36-32(20)43)12-23-16(3)21(8-10-29(38)39)26(34-23)13-27-22(9-11-30(40)41)17(4)25(35-27)14-28-33(19(6)44-33)18(5)31(42)37-28/h7,13-15,18-19,23-24,34-36,43H,1,8-12H2,2-6H3,(H,37,42)(H,38,39)(H,40,41)/b26-13-,28-14-/t15?,18-,19-,23?,24+,33+/m0/s1. The molecule has 7 N–H and O–H groups in total. The number of H-pyrrole nitrogens is 1. The summed E-state index contributed by atoms with van der Waals surface area (Å²) < 4.78 is -0.265. The van der Waals surface area contributed by atoms with E-state index in [-0.39, 0.29) is 53.3 Å². The minimum atomic E-state index is -0.894. The highest BCUT2D eigenvalue weighted by atomic mass is 32.2. The number of allylic oxidation sites excluding steroid dienone is 2. The number of hydrogen-bond acceptors (Lipinski definition) is 7. The van der Waals surface area contributed by atoms with E-state index in [1.807, 2.05) is 39.8 Å². The lowest BCUT2D eigenvalue weighted by molar-refractivity contribution is -0.138. The molecule has 4 aliphatic rings. The number of aliphatic hydroxyl groups is 1. The number of thioether (sulfide) groups is 1. The van der Waals surface area contributed by atoms with Gasteiger partial charge in [-0.3, -0.25) is 14.4 Å². The zero-order chi connectivity index (χ0) is 32.1. The lowest BCUT2D eigenvalue weighted by Gasteiger charge is -2.23. The molecular weight excluding hydrogens is 580 g/mol. The van der Waals surface area contributed by atoms with Crippen molar-refractivity contribution in [1.29, 1.82) is 0 Å². The lowest BCUT2D eigenvalue weighted by atomic mass is 9.90. The molecule has 0 bridgehead atoms. The third-order valence-corrected chi connectivity index (χ3v) is 11.7. The molecule has 1 spiro atoms. The second-order valence-electron chi connectivity index (χ2n) is 12.4. The summed E-state index contributed by atoms with van der Waals surface area (Å²) in [6.07, 6.45) is 6.86. The van der Waals surface area contributed by atoms with Gasteiger partial charge in [0, 0.05) is 64.4 Å². The molecule has 5 heterocycles. The third-order valence-electron chi connectivity index (χ3n) is 9.89. The van der Waals surface area contributed by atoms with Crippen molar-refractivity contribution in [2.45, 2.75) is 88.8 Å². The van der Waals surface area contributed by atoms with Gasteiger partial charge in [-0.2, -0.15) is 0 Å². The highest BCUT2D eigenvalue weighted by Gasteiger charge is 2.65. The van der Waals surface area contributed by atoms with Gasteiger partial charge in [-0.1, -0.05) is 33.4 Å². The Morgan fingerprint density at radius 3 is 2.27 bits per heavy atom. The first-order chi connectivity index (χ1) is 20.8. The topological polar surface area (TPSA) is 164 Å². The van der Waals surface area contributed by atoms with Crippen LogP contribution in [-0.4, -0.2) is 60.2 Å². The predicted molar refractivity (Wildman–Crippen MR) is 172 cm³/mol. The highest BCUT2D eigenvalue weighted by molar-refractivity contribution is 8.09. The molecule has 5 rings (SSSR count). The molecule has 0 radical (unpaired) electrons. The number of carboxylic acids is 2. The second kappa shape index (κ2) is 11.9. The zero-order valence-corrected chi connectivity index (χ0v) is 26.7. The van der Waals surface area contributed by atoms with Crippen LogP contribution in [0.15, 0.2) is 46.7 Å². The van der Waals surface area contributed by atoms with E-state index < -0.39 is 11.9 Å². The van der Waals surface area contributed by atoms with Crippen LogP contribution in [0.1, 0.15) is 75.9 Å². The molecule has 2 unspecified atom stereocenters. The van der Waals surface area contributed by atoms with Gasteiger partial charge >= 0.3 is 11.9 Å². The maximum absolute atomic E-state index is 12.6. The summed E-state index contributed by atoms with van der Waals surface area (Å²) in [4.78, 5) is 39.3. The Balaban J connectivity index is 1.51. The Kier molecular flexibility index (Phi) is 8.54. The largest absolute Gasteiger partial charge is 0.495 e. The van der Waals surface area contributed by atoms with Crippen molar-refractivity contribution in [2.24, 2.45) is 11.8 Å². The number of carbonyl (C=O) groups excluding carboxylic acids is 1. The van der Waals surface area contributed by atoms with Crippen molar-refractivity contribution < 1.29 is 29.7 Å². The number of carboxylic acid groups (broad SMARTS) is 2. The molecule has 6 atom stereocenters. The van der Waals surface area contributed by atoms with Gasteiger partial charge in [0.25, 0.3) is 0 Å². The van der Waals surface area contributed by atoms with Gasteiger partial charge in [-0.15, -0.1) is 11.8 Å². The van der Waals surface area contributed by atoms with E-state index in [1.54, 1.807) is 17.8 Å². The molecule has 236 valence electrons. The van der Waals surface area contributed by atoms with Crippen molar-refractivity contribution in [3.8, 4) is 0 Å². The molecule has 11 heteroatoms. The molecular formula is C33H42N4O6S. The molecule has 0 aliphatic carbocycles. The summed E-state index contributed by atoms with van der Waals surface area (Å²) in [5, 5.41) is 39.5. The Hall–Kier alpha value is -3.86. The number of amides is 1. The molecule has 2 fully saturated rings. The molecule has 0 aromatic carbocycles. The maximum Gasteiger partial charge on any atom is 0.303 e. The van der Waals surface area contributed by atoms with E-state index in [2.05, 4.69) is 34.4 Å². The minimum Gasteiger partial charge on any atom is -0.495 e. The summed E-state index contributed by atoms with van der Waals surface area (Å²) >= 11 is 1.77. The monoisotopic (exact) mass is 622 g/mol. The number of aromatic amines is 1. The van der Waals surface area contributed by atoms with Crippen molar-refractivity contribution in [1.82, 2.24) is 20.9 Å². The first-order valence-electron chi connectivity index (χ1n) is 15.1. The molecule has 10 nitrogen and oxygen atoms in total. The number of aliphatic carboxylic acids is 2. The minimum absolute atomic E-state index is 0.00503. The number of aliphatic hydroxyl groups excluding tert-OH is 1. The van der Waals surface area contributed by atoms with Crippen LogP contribution in [0.25, 0.3) is 12.2 Å². The molecule has 0 saturated carbocycles. The maximum atomic E-state index is 12.6. The van der Waals surface area contributed by atoms with E-state index in [0.29, 0.717) is 24.5 Å². The van der Waals surface area contributed by atoms with Gasteiger partial charge in [0.2, 0.25) is 5.91 Å². The normalized spacial score (nSPS) is 31.2. The van der Waals surface area contributed by atoms with Gasteiger partial charge in [-0.05, 0) is 67.5 Å². The van der Waals surface area contributed by atoms with Crippen LogP contribution in [0.4, 0.5) is 0 Å². The summed E-state index contributed by atoms with van der Waals surface area (Å²) in [6.45, 7) is 13.9. The van der Waals surface area contributed by atoms with Gasteiger partial charge in [0.05, 0.1) is 10.7 Å². The van der Waals surface area contributed by atoms with Crippen molar-refractivity contribution in [3.05, 3.63) is 69.2 Å². The van der Waals surface area contributed by atoms with Crippen LogP contribution in [0.5, 0.6) is 0 Å². The first kappa shape index (κ1) is 31.6. The number of rotatable bonds is 11.